The zero-order valence-corrected chi connectivity index (χ0v) is 15.5. The summed E-state index contributed by atoms with van der Waals surface area (Å²) in [4.78, 5) is 14.8. The number of aromatic nitrogens is 3. The fourth-order valence-electron chi connectivity index (χ4n) is 3.09. The van der Waals surface area contributed by atoms with Crippen molar-refractivity contribution in [3.05, 3.63) is 47.4 Å². The Morgan fingerprint density at radius 2 is 2.04 bits per heavy atom. The molecule has 0 aliphatic heterocycles. The Balaban J connectivity index is 1.93. The molecule has 0 saturated heterocycles. The maximum Gasteiger partial charge on any atom is 0.322 e. The summed E-state index contributed by atoms with van der Waals surface area (Å²) in [5, 5.41) is 14.5. The molecule has 0 radical (unpaired) electrons. The van der Waals surface area contributed by atoms with Crippen LogP contribution in [0.2, 0.25) is 0 Å². The number of rotatable bonds is 6. The molecule has 1 atom stereocenters. The highest BCUT2D eigenvalue weighted by molar-refractivity contribution is 7.89. The Morgan fingerprint density at radius 3 is 2.65 bits per heavy atom. The lowest BCUT2D eigenvalue weighted by Crippen LogP contribution is -2.42. The van der Waals surface area contributed by atoms with Crippen molar-refractivity contribution >= 4 is 26.9 Å². The normalized spacial score (nSPS) is 13.2. The summed E-state index contributed by atoms with van der Waals surface area (Å²) in [6, 6.07) is 6.17. The minimum atomic E-state index is -4.03. The van der Waals surface area contributed by atoms with Crippen LogP contribution in [0, 0.1) is 13.8 Å². The van der Waals surface area contributed by atoms with Gasteiger partial charge >= 0.3 is 5.97 Å². The van der Waals surface area contributed by atoms with E-state index in [1.807, 2.05) is 24.3 Å². The predicted molar refractivity (Wildman–Crippen MR) is 96.4 cm³/mol. The van der Waals surface area contributed by atoms with Gasteiger partial charge in [-0.1, -0.05) is 18.2 Å². The quantitative estimate of drug-likeness (QED) is 0.603. The first-order valence-electron chi connectivity index (χ1n) is 8.01. The Hall–Kier alpha value is -2.65. The standard InChI is InChI=1S/C17H20N4O4S/c1-10-16(11(2)21(3)19-10)26(24,25)20-15(17(22)23)8-12-9-18-14-7-5-4-6-13(12)14/h4-7,9,15,18,20H,8H2,1-3H3,(H,22,23). The van der Waals surface area contributed by atoms with Crippen LogP contribution < -0.4 is 4.72 Å². The fraction of sp³-hybridized carbons (Fsp3) is 0.294. The maximum absolute atomic E-state index is 12.8. The number of benzene rings is 1. The molecule has 2 aromatic heterocycles. The van der Waals surface area contributed by atoms with Crippen LogP contribution in [0.1, 0.15) is 17.0 Å². The Kier molecular flexibility index (Phi) is 4.59. The summed E-state index contributed by atoms with van der Waals surface area (Å²) in [7, 11) is -2.38. The highest BCUT2D eigenvalue weighted by Gasteiger charge is 2.30. The monoisotopic (exact) mass is 376 g/mol. The van der Waals surface area contributed by atoms with Gasteiger partial charge in [-0.25, -0.2) is 8.42 Å². The van der Waals surface area contributed by atoms with Gasteiger partial charge in [0.2, 0.25) is 10.0 Å². The van der Waals surface area contributed by atoms with E-state index in [1.54, 1.807) is 27.1 Å². The highest BCUT2D eigenvalue weighted by Crippen LogP contribution is 2.22. The smallest absolute Gasteiger partial charge is 0.322 e. The summed E-state index contributed by atoms with van der Waals surface area (Å²) in [6.45, 7) is 3.21. The van der Waals surface area contributed by atoms with Crippen molar-refractivity contribution in [3.8, 4) is 0 Å². The van der Waals surface area contributed by atoms with Gasteiger partial charge in [0.05, 0.1) is 11.4 Å². The van der Waals surface area contributed by atoms with Crippen molar-refractivity contribution in [1.29, 1.82) is 0 Å². The number of hydrogen-bond donors (Lipinski definition) is 3. The van der Waals surface area contributed by atoms with E-state index in [4.69, 9.17) is 0 Å². The molecule has 0 aliphatic rings. The van der Waals surface area contributed by atoms with E-state index in [-0.39, 0.29) is 11.3 Å². The summed E-state index contributed by atoms with van der Waals surface area (Å²) in [6.07, 6.45) is 1.73. The summed E-state index contributed by atoms with van der Waals surface area (Å²) in [5.41, 5.74) is 2.38. The molecule has 2 heterocycles. The van der Waals surface area contributed by atoms with E-state index in [9.17, 15) is 18.3 Å². The second-order valence-electron chi connectivity index (χ2n) is 6.20. The van der Waals surface area contributed by atoms with Crippen molar-refractivity contribution in [2.45, 2.75) is 31.2 Å². The van der Waals surface area contributed by atoms with Crippen LogP contribution in [0.25, 0.3) is 10.9 Å². The number of aromatic amines is 1. The molecule has 26 heavy (non-hydrogen) atoms. The summed E-state index contributed by atoms with van der Waals surface area (Å²) >= 11 is 0. The number of sulfonamides is 1. The first-order chi connectivity index (χ1) is 12.2. The number of nitrogens with one attached hydrogen (secondary N) is 2. The molecule has 0 aliphatic carbocycles. The first kappa shape index (κ1) is 18.2. The van der Waals surface area contributed by atoms with E-state index < -0.39 is 22.0 Å². The van der Waals surface area contributed by atoms with Crippen LogP contribution in [-0.2, 0) is 28.3 Å². The van der Waals surface area contributed by atoms with Gasteiger partial charge in [-0.2, -0.15) is 9.82 Å². The van der Waals surface area contributed by atoms with Gasteiger partial charge in [-0.3, -0.25) is 9.48 Å². The lowest BCUT2D eigenvalue weighted by Gasteiger charge is -2.15. The molecule has 3 N–H and O–H groups in total. The van der Waals surface area contributed by atoms with Gasteiger partial charge in [-0.05, 0) is 25.5 Å². The Labute approximate surface area is 150 Å². The molecule has 138 valence electrons. The Bertz CT molecular complexity index is 1080. The maximum atomic E-state index is 12.8. The molecule has 0 bridgehead atoms. The second-order valence-corrected chi connectivity index (χ2v) is 7.85. The number of carboxylic acids is 1. The third-order valence-electron chi connectivity index (χ3n) is 4.41. The van der Waals surface area contributed by atoms with E-state index in [2.05, 4.69) is 14.8 Å². The number of aryl methyl sites for hydroxylation is 2. The van der Waals surface area contributed by atoms with Crippen molar-refractivity contribution in [3.63, 3.8) is 0 Å². The molecule has 0 amide bonds. The van der Waals surface area contributed by atoms with E-state index in [1.165, 1.54) is 4.68 Å². The molecule has 1 unspecified atom stereocenters. The topological polar surface area (TPSA) is 117 Å². The van der Waals surface area contributed by atoms with Gasteiger partial charge in [0, 0.05) is 30.6 Å². The van der Waals surface area contributed by atoms with Crippen LogP contribution in [0.3, 0.4) is 0 Å². The van der Waals surface area contributed by atoms with Crippen LogP contribution in [0.4, 0.5) is 0 Å². The van der Waals surface area contributed by atoms with Crippen LogP contribution in [0.5, 0.6) is 0 Å². The average Bonchev–Trinajstić information content (AvgIpc) is 3.08. The second kappa shape index (κ2) is 6.58. The van der Waals surface area contributed by atoms with Crippen LogP contribution in [-0.4, -0.2) is 40.3 Å². The third-order valence-corrected chi connectivity index (χ3v) is 6.13. The van der Waals surface area contributed by atoms with Gasteiger partial charge in [0.25, 0.3) is 0 Å². The van der Waals surface area contributed by atoms with E-state index in [0.29, 0.717) is 11.4 Å². The van der Waals surface area contributed by atoms with Gasteiger partial charge < -0.3 is 10.1 Å². The number of hydrogen-bond acceptors (Lipinski definition) is 4. The van der Waals surface area contributed by atoms with Gasteiger partial charge in [0.15, 0.2) is 0 Å². The minimum absolute atomic E-state index is 0.0187. The number of fused-ring (bicyclic) bond motifs is 1. The SMILES string of the molecule is Cc1nn(C)c(C)c1S(=O)(=O)NC(Cc1c[nH]c2ccccc12)C(=O)O. The molecule has 0 saturated carbocycles. The van der Waals surface area contributed by atoms with Crippen LogP contribution in [0.15, 0.2) is 35.4 Å². The number of para-hydroxylation sites is 1. The summed E-state index contributed by atoms with van der Waals surface area (Å²) in [5.74, 6) is -1.24. The molecule has 0 spiro atoms. The zero-order valence-electron chi connectivity index (χ0n) is 14.6. The molecular formula is C17H20N4O4S. The largest absolute Gasteiger partial charge is 0.480 e. The lowest BCUT2D eigenvalue weighted by molar-refractivity contribution is -0.138. The van der Waals surface area contributed by atoms with Crippen molar-refractivity contribution in [2.24, 2.45) is 7.05 Å². The number of carbonyl (C=O) groups is 1. The molecule has 3 aromatic rings. The van der Waals surface area contributed by atoms with E-state index in [0.717, 1.165) is 16.5 Å². The van der Waals surface area contributed by atoms with Crippen molar-refractivity contribution < 1.29 is 18.3 Å². The lowest BCUT2D eigenvalue weighted by atomic mass is 10.1. The number of H-pyrrole nitrogens is 1. The molecule has 9 heteroatoms. The number of carboxylic acid groups (broad SMARTS) is 1. The third kappa shape index (κ3) is 3.23. The molecule has 1 aromatic carbocycles. The Morgan fingerprint density at radius 1 is 1.35 bits per heavy atom. The number of nitrogens with zero attached hydrogens (tertiary/aromatic N) is 2. The molecule has 0 fully saturated rings. The molecule has 8 nitrogen and oxygen atoms in total. The minimum Gasteiger partial charge on any atom is -0.480 e. The molecular weight excluding hydrogens is 356 g/mol. The van der Waals surface area contributed by atoms with Crippen molar-refractivity contribution in [2.75, 3.05) is 0 Å². The fourth-order valence-corrected chi connectivity index (χ4v) is 4.72. The average molecular weight is 376 g/mol. The van der Waals surface area contributed by atoms with Gasteiger partial charge in [0.1, 0.15) is 10.9 Å². The highest BCUT2D eigenvalue weighted by atomic mass is 32.2. The predicted octanol–water partition coefficient (Wildman–Crippen LogP) is 1.49. The first-order valence-corrected chi connectivity index (χ1v) is 9.49. The van der Waals surface area contributed by atoms with Gasteiger partial charge in [-0.15, -0.1) is 0 Å². The molecule has 3 rings (SSSR count). The zero-order chi connectivity index (χ0) is 19.1. The van der Waals surface area contributed by atoms with E-state index >= 15 is 0 Å². The van der Waals surface area contributed by atoms with Crippen molar-refractivity contribution in [1.82, 2.24) is 19.5 Å². The van der Waals surface area contributed by atoms with Crippen LogP contribution >= 0.6 is 0 Å². The summed E-state index contributed by atoms with van der Waals surface area (Å²) < 4.78 is 29.3. The number of aliphatic carboxylic acids is 1.